The molecule has 0 amide bonds. The van der Waals surface area contributed by atoms with Gasteiger partial charge in [-0.05, 0) is 37.3 Å². The number of benzene rings is 1. The van der Waals surface area contributed by atoms with Gasteiger partial charge in [0.15, 0.2) is 0 Å². The van der Waals surface area contributed by atoms with E-state index in [0.29, 0.717) is 19.1 Å². The van der Waals surface area contributed by atoms with Crippen molar-refractivity contribution in [2.75, 3.05) is 13.2 Å². The van der Waals surface area contributed by atoms with E-state index in [1.165, 1.54) is 6.42 Å². The van der Waals surface area contributed by atoms with Crippen LogP contribution in [0.5, 0.6) is 0 Å². The van der Waals surface area contributed by atoms with Gasteiger partial charge in [-0.3, -0.25) is 0 Å². The van der Waals surface area contributed by atoms with E-state index in [2.05, 4.69) is 34.7 Å². The molecule has 0 bridgehead atoms. The van der Waals surface area contributed by atoms with Gasteiger partial charge in [-0.25, -0.2) is 4.98 Å². The number of aromatic nitrogens is 2. The average Bonchev–Trinajstić information content (AvgIpc) is 2.94. The van der Waals surface area contributed by atoms with Gasteiger partial charge < -0.3 is 14.4 Å². The van der Waals surface area contributed by atoms with Crippen molar-refractivity contribution in [3.63, 3.8) is 0 Å². The first-order valence-corrected chi connectivity index (χ1v) is 8.63. The van der Waals surface area contributed by atoms with Gasteiger partial charge in [0.25, 0.3) is 0 Å². The van der Waals surface area contributed by atoms with Crippen LogP contribution in [0.25, 0.3) is 11.0 Å². The SMILES string of the molecule is CCc1nc2ccccc2n1C[C@@H](O)COC[C@H]1CC=CCC1. The molecule has 1 heterocycles. The van der Waals surface area contributed by atoms with Gasteiger partial charge in [0.1, 0.15) is 5.82 Å². The van der Waals surface area contributed by atoms with E-state index in [0.717, 1.165) is 42.7 Å². The molecule has 3 rings (SSSR count). The van der Waals surface area contributed by atoms with Crippen LogP contribution >= 0.6 is 0 Å². The summed E-state index contributed by atoms with van der Waals surface area (Å²) in [5.74, 6) is 1.62. The molecule has 0 radical (unpaired) electrons. The van der Waals surface area contributed by atoms with Crippen LogP contribution in [0.3, 0.4) is 0 Å². The molecular weight excluding hydrogens is 288 g/mol. The molecule has 1 aliphatic rings. The maximum absolute atomic E-state index is 10.3. The van der Waals surface area contributed by atoms with E-state index in [9.17, 15) is 5.11 Å². The van der Waals surface area contributed by atoms with Crippen LogP contribution in [0, 0.1) is 5.92 Å². The lowest BCUT2D eigenvalue weighted by molar-refractivity contribution is 0.0128. The number of nitrogens with zero attached hydrogens (tertiary/aromatic N) is 2. The van der Waals surface area contributed by atoms with Crippen molar-refractivity contribution in [1.29, 1.82) is 0 Å². The Kier molecular flexibility index (Phi) is 5.47. The molecule has 1 aromatic carbocycles. The lowest BCUT2D eigenvalue weighted by atomic mass is 9.95. The second-order valence-electron chi connectivity index (χ2n) is 6.32. The van der Waals surface area contributed by atoms with E-state index in [-0.39, 0.29) is 0 Å². The summed E-state index contributed by atoms with van der Waals surface area (Å²) in [5, 5.41) is 10.3. The molecule has 0 saturated carbocycles. The maximum Gasteiger partial charge on any atom is 0.109 e. The van der Waals surface area contributed by atoms with Gasteiger partial charge in [0.2, 0.25) is 0 Å². The molecule has 0 unspecified atom stereocenters. The van der Waals surface area contributed by atoms with Gasteiger partial charge >= 0.3 is 0 Å². The Morgan fingerprint density at radius 3 is 3.00 bits per heavy atom. The molecular formula is C19H26N2O2. The van der Waals surface area contributed by atoms with Gasteiger partial charge in [-0.1, -0.05) is 31.2 Å². The van der Waals surface area contributed by atoms with Gasteiger partial charge in [0, 0.05) is 13.0 Å². The van der Waals surface area contributed by atoms with E-state index in [4.69, 9.17) is 4.74 Å². The lowest BCUT2D eigenvalue weighted by Gasteiger charge is -2.19. The van der Waals surface area contributed by atoms with E-state index < -0.39 is 6.10 Å². The Bertz CT molecular complexity index is 662. The van der Waals surface area contributed by atoms with E-state index >= 15 is 0 Å². The smallest absolute Gasteiger partial charge is 0.109 e. The first-order chi connectivity index (χ1) is 11.3. The quantitative estimate of drug-likeness (QED) is 0.797. The van der Waals surface area contributed by atoms with Crippen molar-refractivity contribution in [3.05, 3.63) is 42.2 Å². The van der Waals surface area contributed by atoms with Crippen molar-refractivity contribution < 1.29 is 9.84 Å². The molecule has 4 heteroatoms. The number of hydrogen-bond donors (Lipinski definition) is 1. The third-order valence-corrected chi connectivity index (χ3v) is 4.48. The van der Waals surface area contributed by atoms with Crippen LogP contribution in [0.15, 0.2) is 36.4 Å². The summed E-state index contributed by atoms with van der Waals surface area (Å²) in [5.41, 5.74) is 2.08. The molecule has 2 aromatic rings. The molecule has 124 valence electrons. The maximum atomic E-state index is 10.3. The number of fused-ring (bicyclic) bond motifs is 1. The van der Waals surface area contributed by atoms with Crippen LogP contribution in [0.1, 0.15) is 32.0 Å². The monoisotopic (exact) mass is 314 g/mol. The second-order valence-corrected chi connectivity index (χ2v) is 6.32. The fourth-order valence-corrected chi connectivity index (χ4v) is 3.24. The summed E-state index contributed by atoms with van der Waals surface area (Å²) in [7, 11) is 0. The van der Waals surface area contributed by atoms with Crippen LogP contribution in [0.4, 0.5) is 0 Å². The zero-order valence-corrected chi connectivity index (χ0v) is 13.8. The van der Waals surface area contributed by atoms with Crippen molar-refractivity contribution >= 4 is 11.0 Å². The third-order valence-electron chi connectivity index (χ3n) is 4.48. The minimum absolute atomic E-state index is 0.385. The molecule has 4 nitrogen and oxygen atoms in total. The fourth-order valence-electron chi connectivity index (χ4n) is 3.24. The summed E-state index contributed by atoms with van der Waals surface area (Å²) >= 11 is 0. The van der Waals surface area contributed by atoms with Crippen LogP contribution in [-0.4, -0.2) is 34.0 Å². The number of aliphatic hydroxyl groups excluding tert-OH is 1. The van der Waals surface area contributed by atoms with Crippen LogP contribution in [-0.2, 0) is 17.7 Å². The van der Waals surface area contributed by atoms with Crippen molar-refractivity contribution in [2.45, 2.75) is 45.3 Å². The Labute approximate surface area is 137 Å². The van der Waals surface area contributed by atoms with E-state index in [1.54, 1.807) is 0 Å². The fraction of sp³-hybridized carbons (Fsp3) is 0.526. The zero-order valence-electron chi connectivity index (χ0n) is 13.8. The van der Waals surface area contributed by atoms with Gasteiger partial charge in [-0.15, -0.1) is 0 Å². The highest BCUT2D eigenvalue weighted by molar-refractivity contribution is 5.75. The molecule has 0 spiro atoms. The highest BCUT2D eigenvalue weighted by atomic mass is 16.5. The van der Waals surface area contributed by atoms with Gasteiger partial charge in [0.05, 0.1) is 30.3 Å². The van der Waals surface area contributed by atoms with Gasteiger partial charge in [-0.2, -0.15) is 0 Å². The predicted molar refractivity (Wildman–Crippen MR) is 92.4 cm³/mol. The number of allylic oxidation sites excluding steroid dienone is 2. The first kappa shape index (κ1) is 16.2. The number of imidazole rings is 1. The Morgan fingerprint density at radius 1 is 1.35 bits per heavy atom. The molecule has 0 fully saturated rings. The second kappa shape index (κ2) is 7.75. The Hall–Kier alpha value is -1.65. The molecule has 1 aliphatic carbocycles. The normalized spacial score (nSPS) is 19.3. The summed E-state index contributed by atoms with van der Waals surface area (Å²) < 4.78 is 7.87. The molecule has 0 saturated heterocycles. The Morgan fingerprint density at radius 2 is 2.22 bits per heavy atom. The minimum Gasteiger partial charge on any atom is -0.389 e. The van der Waals surface area contributed by atoms with Crippen molar-refractivity contribution in [1.82, 2.24) is 9.55 Å². The molecule has 0 aliphatic heterocycles. The molecule has 23 heavy (non-hydrogen) atoms. The number of ether oxygens (including phenoxy) is 1. The van der Waals surface area contributed by atoms with Crippen LogP contribution in [0.2, 0.25) is 0 Å². The number of rotatable bonds is 7. The summed E-state index contributed by atoms with van der Waals surface area (Å²) in [4.78, 5) is 4.64. The van der Waals surface area contributed by atoms with Crippen molar-refractivity contribution in [3.8, 4) is 0 Å². The molecule has 1 aromatic heterocycles. The number of hydrogen-bond acceptors (Lipinski definition) is 3. The molecule has 1 N–H and O–H groups in total. The minimum atomic E-state index is -0.503. The third kappa shape index (κ3) is 4.01. The summed E-state index contributed by atoms with van der Waals surface area (Å²) in [6.07, 6.45) is 8.27. The highest BCUT2D eigenvalue weighted by Gasteiger charge is 2.15. The molecule has 2 atom stereocenters. The number of aryl methyl sites for hydroxylation is 1. The number of aliphatic hydroxyl groups is 1. The predicted octanol–water partition coefficient (Wildman–Crippen LogP) is 3.33. The Balaban J connectivity index is 1.57. The standard InChI is InChI=1S/C19H26N2O2/c1-2-19-20-17-10-6-7-11-18(17)21(19)12-16(22)14-23-13-15-8-4-3-5-9-15/h3-4,6-7,10-11,15-16,22H,2,5,8-9,12-14H2,1H3/t15-,16+/m0/s1. The van der Waals surface area contributed by atoms with E-state index in [1.807, 2.05) is 18.2 Å². The zero-order chi connectivity index (χ0) is 16.1. The topological polar surface area (TPSA) is 47.3 Å². The first-order valence-electron chi connectivity index (χ1n) is 8.63. The highest BCUT2D eigenvalue weighted by Crippen LogP contribution is 2.19. The largest absolute Gasteiger partial charge is 0.389 e. The summed E-state index contributed by atoms with van der Waals surface area (Å²) in [6, 6.07) is 8.09. The summed E-state index contributed by atoms with van der Waals surface area (Å²) in [6.45, 7) is 3.76. The lowest BCUT2D eigenvalue weighted by Crippen LogP contribution is -2.24. The average molecular weight is 314 g/mol. The number of para-hydroxylation sites is 2. The van der Waals surface area contributed by atoms with Crippen molar-refractivity contribution in [2.24, 2.45) is 5.92 Å². The van der Waals surface area contributed by atoms with Crippen LogP contribution < -0.4 is 0 Å².